The van der Waals surface area contributed by atoms with Crippen LogP contribution in [-0.2, 0) is 20.8 Å². The molecule has 3 amide bonds. The number of aryl methyl sites for hydroxylation is 1. The molecule has 0 fully saturated rings. The van der Waals surface area contributed by atoms with Crippen LogP contribution in [0.25, 0.3) is 0 Å². The first kappa shape index (κ1) is 21.4. The third kappa shape index (κ3) is 6.35. The zero-order valence-corrected chi connectivity index (χ0v) is 16.1. The molecule has 152 valence electrons. The standard InChI is InChI=1S/C20H22N4O5/c1-3-14-6-4-5-7-15(14)23-19(26)20(27)24-22-11-13-8-9-16(17(10-13)28-2)29-12-18(21)25/h4-11H,3,12H2,1-2H3,(H2,21,25)(H,23,26)(H,24,27)/b22-11+. The predicted octanol–water partition coefficient (Wildman–Crippen LogP) is 1.21. The number of hydrogen-bond donors (Lipinski definition) is 3. The van der Waals surface area contributed by atoms with Crippen molar-refractivity contribution in [1.29, 1.82) is 0 Å². The fourth-order valence-electron chi connectivity index (χ4n) is 2.38. The van der Waals surface area contributed by atoms with E-state index in [9.17, 15) is 14.4 Å². The SMILES string of the molecule is CCc1ccccc1NC(=O)C(=O)N/N=C/c1ccc(OCC(N)=O)c(OC)c1. The first-order valence-corrected chi connectivity index (χ1v) is 8.76. The molecule has 0 radical (unpaired) electrons. The summed E-state index contributed by atoms with van der Waals surface area (Å²) in [6, 6.07) is 12.0. The maximum Gasteiger partial charge on any atom is 0.329 e. The zero-order valence-electron chi connectivity index (χ0n) is 16.1. The maximum atomic E-state index is 12.0. The van der Waals surface area contributed by atoms with Crippen molar-refractivity contribution in [1.82, 2.24) is 5.43 Å². The van der Waals surface area contributed by atoms with E-state index in [4.69, 9.17) is 15.2 Å². The third-order valence-electron chi connectivity index (χ3n) is 3.79. The van der Waals surface area contributed by atoms with E-state index in [1.807, 2.05) is 19.1 Å². The molecule has 0 aromatic heterocycles. The van der Waals surface area contributed by atoms with Crippen molar-refractivity contribution < 1.29 is 23.9 Å². The summed E-state index contributed by atoms with van der Waals surface area (Å²) in [6.45, 7) is 1.67. The van der Waals surface area contributed by atoms with Gasteiger partial charge in [-0.2, -0.15) is 5.10 Å². The van der Waals surface area contributed by atoms with Gasteiger partial charge < -0.3 is 20.5 Å². The molecule has 9 nitrogen and oxygen atoms in total. The Morgan fingerprint density at radius 2 is 1.86 bits per heavy atom. The Morgan fingerprint density at radius 3 is 2.55 bits per heavy atom. The minimum atomic E-state index is -0.902. The molecule has 4 N–H and O–H groups in total. The molecular formula is C20H22N4O5. The molecule has 0 atom stereocenters. The van der Waals surface area contributed by atoms with Gasteiger partial charge in [0.15, 0.2) is 18.1 Å². The highest BCUT2D eigenvalue weighted by Gasteiger charge is 2.14. The van der Waals surface area contributed by atoms with Crippen LogP contribution in [0.3, 0.4) is 0 Å². The number of rotatable bonds is 8. The summed E-state index contributed by atoms with van der Waals surface area (Å²) in [6.07, 6.45) is 2.06. The highest BCUT2D eigenvalue weighted by atomic mass is 16.5. The summed E-state index contributed by atoms with van der Waals surface area (Å²) in [5.74, 6) is -1.64. The molecule has 0 unspecified atom stereocenters. The van der Waals surface area contributed by atoms with Crippen molar-refractivity contribution in [3.8, 4) is 11.5 Å². The lowest BCUT2D eigenvalue weighted by atomic mass is 10.1. The number of nitrogens with one attached hydrogen (secondary N) is 2. The Labute approximate surface area is 167 Å². The van der Waals surface area contributed by atoms with Crippen molar-refractivity contribution in [2.75, 3.05) is 19.0 Å². The van der Waals surface area contributed by atoms with Gasteiger partial charge in [0.05, 0.1) is 13.3 Å². The normalized spacial score (nSPS) is 10.4. The molecule has 0 saturated heterocycles. The predicted molar refractivity (Wildman–Crippen MR) is 108 cm³/mol. The first-order valence-electron chi connectivity index (χ1n) is 8.76. The number of carbonyl (C=O) groups excluding carboxylic acids is 3. The van der Waals surface area contributed by atoms with E-state index < -0.39 is 17.7 Å². The van der Waals surface area contributed by atoms with Crippen LogP contribution in [0.1, 0.15) is 18.1 Å². The van der Waals surface area contributed by atoms with Crippen molar-refractivity contribution in [2.45, 2.75) is 13.3 Å². The van der Waals surface area contributed by atoms with Gasteiger partial charge in [0.1, 0.15) is 0 Å². The summed E-state index contributed by atoms with van der Waals surface area (Å²) < 4.78 is 10.4. The Morgan fingerprint density at radius 1 is 1.10 bits per heavy atom. The molecule has 0 bridgehead atoms. The van der Waals surface area contributed by atoms with Crippen LogP contribution in [0.15, 0.2) is 47.6 Å². The Balaban J connectivity index is 1.96. The number of para-hydroxylation sites is 1. The molecule has 0 aliphatic carbocycles. The average molecular weight is 398 g/mol. The summed E-state index contributed by atoms with van der Waals surface area (Å²) in [4.78, 5) is 34.8. The minimum Gasteiger partial charge on any atom is -0.493 e. The van der Waals surface area contributed by atoms with Gasteiger partial charge in [-0.25, -0.2) is 5.43 Å². The van der Waals surface area contributed by atoms with Gasteiger partial charge in [0.2, 0.25) is 0 Å². The van der Waals surface area contributed by atoms with E-state index in [0.717, 1.165) is 12.0 Å². The quantitative estimate of drug-likeness (QED) is 0.349. The van der Waals surface area contributed by atoms with Crippen molar-refractivity contribution in [3.05, 3.63) is 53.6 Å². The van der Waals surface area contributed by atoms with Crippen LogP contribution in [0.5, 0.6) is 11.5 Å². The van der Waals surface area contributed by atoms with E-state index in [1.165, 1.54) is 13.3 Å². The molecule has 0 aliphatic heterocycles. The Hall–Kier alpha value is -3.88. The molecule has 2 aromatic carbocycles. The minimum absolute atomic E-state index is 0.282. The second-order valence-electron chi connectivity index (χ2n) is 5.83. The Bertz CT molecular complexity index is 927. The number of ether oxygens (including phenoxy) is 2. The molecule has 2 aromatic rings. The van der Waals surface area contributed by atoms with Gasteiger partial charge in [-0.15, -0.1) is 0 Å². The summed E-state index contributed by atoms with van der Waals surface area (Å²) in [7, 11) is 1.44. The number of anilines is 1. The molecule has 9 heteroatoms. The van der Waals surface area contributed by atoms with E-state index in [0.29, 0.717) is 22.7 Å². The fourth-order valence-corrected chi connectivity index (χ4v) is 2.38. The molecule has 0 spiro atoms. The van der Waals surface area contributed by atoms with Gasteiger partial charge >= 0.3 is 11.8 Å². The van der Waals surface area contributed by atoms with Crippen molar-refractivity contribution in [3.63, 3.8) is 0 Å². The lowest BCUT2D eigenvalue weighted by Gasteiger charge is -2.10. The molecular weight excluding hydrogens is 376 g/mol. The summed E-state index contributed by atoms with van der Waals surface area (Å²) >= 11 is 0. The number of carbonyl (C=O) groups is 3. The molecule has 0 heterocycles. The van der Waals surface area contributed by atoms with E-state index in [-0.39, 0.29) is 6.61 Å². The van der Waals surface area contributed by atoms with Gasteiger partial charge in [0.25, 0.3) is 5.91 Å². The number of amides is 3. The number of primary amides is 1. The summed E-state index contributed by atoms with van der Waals surface area (Å²) in [5.41, 5.74) is 9.28. The molecule has 2 rings (SSSR count). The lowest BCUT2D eigenvalue weighted by Crippen LogP contribution is -2.32. The largest absolute Gasteiger partial charge is 0.493 e. The number of hydrazone groups is 1. The smallest absolute Gasteiger partial charge is 0.329 e. The van der Waals surface area contributed by atoms with Crippen LogP contribution in [-0.4, -0.2) is 37.7 Å². The van der Waals surface area contributed by atoms with E-state index >= 15 is 0 Å². The summed E-state index contributed by atoms with van der Waals surface area (Å²) in [5, 5.41) is 6.33. The second kappa shape index (κ2) is 10.5. The van der Waals surface area contributed by atoms with Crippen LogP contribution >= 0.6 is 0 Å². The second-order valence-corrected chi connectivity index (χ2v) is 5.83. The van der Waals surface area contributed by atoms with Crippen LogP contribution in [0, 0.1) is 0 Å². The highest BCUT2D eigenvalue weighted by Crippen LogP contribution is 2.27. The number of nitrogens with zero attached hydrogens (tertiary/aromatic N) is 1. The number of hydrogen-bond acceptors (Lipinski definition) is 6. The number of benzene rings is 2. The fraction of sp³-hybridized carbons (Fsp3) is 0.200. The zero-order chi connectivity index (χ0) is 21.2. The highest BCUT2D eigenvalue weighted by molar-refractivity contribution is 6.39. The Kier molecular flexibility index (Phi) is 7.72. The first-order chi connectivity index (χ1) is 13.9. The van der Waals surface area contributed by atoms with Gasteiger partial charge in [-0.3, -0.25) is 14.4 Å². The van der Waals surface area contributed by atoms with Crippen LogP contribution < -0.4 is 25.9 Å². The van der Waals surface area contributed by atoms with E-state index in [1.54, 1.807) is 30.3 Å². The monoisotopic (exact) mass is 398 g/mol. The molecule has 29 heavy (non-hydrogen) atoms. The number of nitrogens with two attached hydrogens (primary N) is 1. The van der Waals surface area contributed by atoms with Crippen molar-refractivity contribution in [2.24, 2.45) is 10.8 Å². The van der Waals surface area contributed by atoms with Crippen LogP contribution in [0.4, 0.5) is 5.69 Å². The van der Waals surface area contributed by atoms with Gasteiger partial charge in [-0.1, -0.05) is 25.1 Å². The molecule has 0 saturated carbocycles. The topological polar surface area (TPSA) is 132 Å². The third-order valence-corrected chi connectivity index (χ3v) is 3.79. The van der Waals surface area contributed by atoms with Gasteiger partial charge in [-0.05, 0) is 41.8 Å². The van der Waals surface area contributed by atoms with Crippen molar-refractivity contribution >= 4 is 29.6 Å². The maximum absolute atomic E-state index is 12.0. The van der Waals surface area contributed by atoms with Crippen LogP contribution in [0.2, 0.25) is 0 Å². The number of methoxy groups -OCH3 is 1. The van der Waals surface area contributed by atoms with E-state index in [2.05, 4.69) is 15.8 Å². The average Bonchev–Trinajstić information content (AvgIpc) is 2.72. The lowest BCUT2D eigenvalue weighted by molar-refractivity contribution is -0.136. The van der Waals surface area contributed by atoms with Gasteiger partial charge in [0, 0.05) is 5.69 Å². The molecule has 0 aliphatic rings.